The van der Waals surface area contributed by atoms with E-state index >= 15 is 0 Å². The van der Waals surface area contributed by atoms with E-state index in [1.165, 1.54) is 32.2 Å². The van der Waals surface area contributed by atoms with E-state index in [0.717, 1.165) is 37.1 Å². The molecule has 4 rings (SSSR count). The SMILES string of the molecule is Clc1ccc(OC2=CC(N3CCCN(C4CCC4)CC3)=[C]NC2)cc1Cl. The predicted octanol–water partition coefficient (Wildman–Crippen LogP) is 4.06. The Morgan fingerprint density at radius 1 is 1.04 bits per heavy atom. The second-order valence-corrected chi connectivity index (χ2v) is 7.93. The summed E-state index contributed by atoms with van der Waals surface area (Å²) in [6, 6.07) is 6.15. The number of hydrogen-bond acceptors (Lipinski definition) is 4. The Hall–Kier alpha value is -1.36. The van der Waals surface area contributed by atoms with Gasteiger partial charge in [0.25, 0.3) is 0 Å². The van der Waals surface area contributed by atoms with Crippen molar-refractivity contribution in [3.05, 3.63) is 52.0 Å². The van der Waals surface area contributed by atoms with Crippen LogP contribution in [0.4, 0.5) is 0 Å². The van der Waals surface area contributed by atoms with Gasteiger partial charge in [0.2, 0.25) is 0 Å². The van der Waals surface area contributed by atoms with Crippen LogP contribution in [0.3, 0.4) is 0 Å². The molecule has 1 aromatic rings. The largest absolute Gasteiger partial charge is 0.460 e. The third kappa shape index (κ3) is 4.13. The smallest absolute Gasteiger partial charge is 0.128 e. The predicted molar refractivity (Wildman–Crippen MR) is 105 cm³/mol. The summed E-state index contributed by atoms with van der Waals surface area (Å²) in [6.45, 7) is 5.05. The quantitative estimate of drug-likeness (QED) is 0.835. The molecule has 1 N–H and O–H groups in total. The lowest BCUT2D eigenvalue weighted by Crippen LogP contribution is -2.42. The monoisotopic (exact) mass is 392 g/mol. The van der Waals surface area contributed by atoms with E-state index in [1.807, 2.05) is 6.07 Å². The van der Waals surface area contributed by atoms with Crippen molar-refractivity contribution in [2.45, 2.75) is 31.7 Å². The molecule has 0 spiro atoms. The van der Waals surface area contributed by atoms with Gasteiger partial charge in [-0.05, 0) is 31.4 Å². The summed E-state index contributed by atoms with van der Waals surface area (Å²) in [7, 11) is 0. The zero-order chi connectivity index (χ0) is 17.9. The Bertz CT molecular complexity index is 715. The summed E-state index contributed by atoms with van der Waals surface area (Å²) in [5.74, 6) is 1.55. The van der Waals surface area contributed by atoms with Crippen LogP contribution in [0.5, 0.6) is 5.75 Å². The van der Waals surface area contributed by atoms with Crippen molar-refractivity contribution < 1.29 is 4.74 Å². The molecule has 0 aromatic heterocycles. The standard InChI is InChI=1S/C20H24Cl2N3O/c21-19-6-5-17(12-20(19)22)26-18-11-16(13-23-14-18)25-8-2-7-24(9-10-25)15-3-1-4-15/h5-6,11-12,15,23H,1-4,7-10,14H2. The Labute approximate surface area is 165 Å². The van der Waals surface area contributed by atoms with E-state index in [4.69, 9.17) is 27.9 Å². The van der Waals surface area contributed by atoms with Crippen LogP contribution in [-0.2, 0) is 0 Å². The van der Waals surface area contributed by atoms with Crippen LogP contribution in [0, 0.1) is 6.20 Å². The number of allylic oxidation sites excluding steroid dienone is 1. The van der Waals surface area contributed by atoms with Gasteiger partial charge in [-0.15, -0.1) is 0 Å². The molecule has 1 aliphatic carbocycles. The van der Waals surface area contributed by atoms with Crippen molar-refractivity contribution in [2.24, 2.45) is 0 Å². The summed E-state index contributed by atoms with van der Waals surface area (Å²) >= 11 is 12.1. The van der Waals surface area contributed by atoms with Gasteiger partial charge in [-0.1, -0.05) is 29.6 Å². The molecular weight excluding hydrogens is 369 g/mol. The van der Waals surface area contributed by atoms with Crippen molar-refractivity contribution in [3.63, 3.8) is 0 Å². The molecule has 4 nitrogen and oxygen atoms in total. The van der Waals surface area contributed by atoms with E-state index in [0.29, 0.717) is 22.3 Å². The van der Waals surface area contributed by atoms with Gasteiger partial charge in [-0.2, -0.15) is 0 Å². The second kappa shape index (κ2) is 8.12. The maximum absolute atomic E-state index is 6.08. The van der Waals surface area contributed by atoms with E-state index in [9.17, 15) is 0 Å². The van der Waals surface area contributed by atoms with Gasteiger partial charge in [0.15, 0.2) is 0 Å². The third-order valence-electron chi connectivity index (χ3n) is 5.38. The molecular formula is C20H24Cl2N3O. The van der Waals surface area contributed by atoms with Crippen LogP contribution in [0.15, 0.2) is 35.7 Å². The maximum Gasteiger partial charge on any atom is 0.128 e. The van der Waals surface area contributed by atoms with Gasteiger partial charge in [-0.3, -0.25) is 4.90 Å². The number of rotatable bonds is 4. The molecule has 0 atom stereocenters. The van der Waals surface area contributed by atoms with Crippen LogP contribution >= 0.6 is 23.2 Å². The van der Waals surface area contributed by atoms with Crippen LogP contribution in [-0.4, -0.2) is 48.6 Å². The maximum atomic E-state index is 6.08. The van der Waals surface area contributed by atoms with E-state index < -0.39 is 0 Å². The van der Waals surface area contributed by atoms with Crippen LogP contribution in [0.2, 0.25) is 10.0 Å². The molecule has 2 heterocycles. The van der Waals surface area contributed by atoms with Crippen molar-refractivity contribution in [3.8, 4) is 5.75 Å². The minimum atomic E-state index is 0.500. The zero-order valence-corrected chi connectivity index (χ0v) is 16.3. The third-order valence-corrected chi connectivity index (χ3v) is 6.12. The Balaban J connectivity index is 1.40. The van der Waals surface area contributed by atoms with E-state index in [1.54, 1.807) is 12.1 Å². The number of hydrogen-bond donors (Lipinski definition) is 1. The molecule has 1 saturated carbocycles. The minimum absolute atomic E-state index is 0.500. The number of benzene rings is 1. The second-order valence-electron chi connectivity index (χ2n) is 7.11. The summed E-state index contributed by atoms with van der Waals surface area (Å²) in [5, 5.41) is 4.24. The normalized spacial score (nSPS) is 22.0. The molecule has 1 saturated heterocycles. The average molecular weight is 393 g/mol. The van der Waals surface area contributed by atoms with Gasteiger partial charge >= 0.3 is 0 Å². The highest BCUT2D eigenvalue weighted by Gasteiger charge is 2.27. The van der Waals surface area contributed by atoms with Crippen LogP contribution in [0.1, 0.15) is 25.7 Å². The average Bonchev–Trinajstić information content (AvgIpc) is 2.83. The first-order chi connectivity index (χ1) is 12.7. The molecule has 6 heteroatoms. The lowest BCUT2D eigenvalue weighted by Gasteiger charge is -2.36. The van der Waals surface area contributed by atoms with Gasteiger partial charge < -0.3 is 15.0 Å². The molecule has 0 amide bonds. The molecule has 26 heavy (non-hydrogen) atoms. The Morgan fingerprint density at radius 3 is 2.69 bits per heavy atom. The molecule has 2 aliphatic heterocycles. The van der Waals surface area contributed by atoms with Crippen molar-refractivity contribution >= 4 is 23.2 Å². The molecule has 0 bridgehead atoms. The summed E-state index contributed by atoms with van der Waals surface area (Å²) in [4.78, 5) is 5.07. The molecule has 2 fully saturated rings. The highest BCUT2D eigenvalue weighted by Crippen LogP contribution is 2.28. The van der Waals surface area contributed by atoms with E-state index in [-0.39, 0.29) is 0 Å². The summed E-state index contributed by atoms with van der Waals surface area (Å²) in [6.07, 6.45) is 10.7. The zero-order valence-electron chi connectivity index (χ0n) is 14.8. The van der Waals surface area contributed by atoms with Gasteiger partial charge in [0, 0.05) is 44.4 Å². The van der Waals surface area contributed by atoms with Crippen molar-refractivity contribution in [2.75, 3.05) is 32.7 Å². The lowest BCUT2D eigenvalue weighted by atomic mass is 9.91. The highest BCUT2D eigenvalue weighted by molar-refractivity contribution is 6.42. The number of dihydropyridines is 1. The molecule has 1 radical (unpaired) electrons. The minimum Gasteiger partial charge on any atom is -0.460 e. The van der Waals surface area contributed by atoms with Gasteiger partial charge in [0.05, 0.1) is 28.5 Å². The van der Waals surface area contributed by atoms with Crippen molar-refractivity contribution in [1.82, 2.24) is 15.1 Å². The Kier molecular flexibility index (Phi) is 5.63. The fourth-order valence-corrected chi connectivity index (χ4v) is 3.97. The molecule has 1 aromatic carbocycles. The van der Waals surface area contributed by atoms with Gasteiger partial charge in [0.1, 0.15) is 11.5 Å². The first-order valence-corrected chi connectivity index (χ1v) is 10.1. The first kappa shape index (κ1) is 18.0. The molecule has 0 unspecified atom stereocenters. The number of halogens is 2. The number of nitrogens with one attached hydrogen (secondary N) is 1. The topological polar surface area (TPSA) is 27.7 Å². The summed E-state index contributed by atoms with van der Waals surface area (Å²) in [5.41, 5.74) is 1.07. The fraction of sp³-hybridized carbons (Fsp3) is 0.500. The Morgan fingerprint density at radius 2 is 1.92 bits per heavy atom. The number of ether oxygens (including phenoxy) is 1. The molecule has 139 valence electrons. The van der Waals surface area contributed by atoms with E-state index in [2.05, 4.69) is 27.4 Å². The van der Waals surface area contributed by atoms with Gasteiger partial charge in [-0.25, -0.2) is 0 Å². The summed E-state index contributed by atoms with van der Waals surface area (Å²) < 4.78 is 5.99. The van der Waals surface area contributed by atoms with Crippen LogP contribution < -0.4 is 10.1 Å². The first-order valence-electron chi connectivity index (χ1n) is 9.37. The fourth-order valence-electron chi connectivity index (χ4n) is 3.68. The molecule has 3 aliphatic rings. The van der Waals surface area contributed by atoms with Crippen molar-refractivity contribution in [1.29, 1.82) is 0 Å². The highest BCUT2D eigenvalue weighted by atomic mass is 35.5. The lowest BCUT2D eigenvalue weighted by molar-refractivity contribution is 0.133. The number of nitrogens with zero attached hydrogens (tertiary/aromatic N) is 2. The van der Waals surface area contributed by atoms with Crippen LogP contribution in [0.25, 0.3) is 0 Å².